The zero-order valence-electron chi connectivity index (χ0n) is 11.5. The number of fused-ring (bicyclic) bond motifs is 1. The van der Waals surface area contributed by atoms with E-state index in [0.717, 1.165) is 28.6 Å². The Morgan fingerprint density at radius 1 is 1.30 bits per heavy atom. The van der Waals surface area contributed by atoms with Crippen molar-refractivity contribution in [1.29, 1.82) is 0 Å². The van der Waals surface area contributed by atoms with Crippen molar-refractivity contribution < 1.29 is 4.42 Å². The van der Waals surface area contributed by atoms with E-state index in [2.05, 4.69) is 17.2 Å². The molecule has 0 fully saturated rings. The fraction of sp³-hybridized carbons (Fsp3) is 0.250. The molecular weight excluding hydrogens is 272 g/mol. The monoisotopic (exact) mass is 288 g/mol. The Bertz CT molecular complexity index is 729. The van der Waals surface area contributed by atoms with Gasteiger partial charge in [-0.1, -0.05) is 17.7 Å². The number of aryl methyl sites for hydroxylation is 1. The normalized spacial score (nSPS) is 12.9. The highest BCUT2D eigenvalue weighted by molar-refractivity contribution is 6.31. The molecule has 20 heavy (non-hydrogen) atoms. The Hall–Kier alpha value is -1.71. The average molecular weight is 289 g/mol. The van der Waals surface area contributed by atoms with Gasteiger partial charge in [0.25, 0.3) is 0 Å². The molecule has 0 radical (unpaired) electrons. The minimum Gasteiger partial charge on any atom is -0.465 e. The van der Waals surface area contributed by atoms with E-state index in [1.165, 1.54) is 10.9 Å². The van der Waals surface area contributed by atoms with Crippen LogP contribution in [0.4, 0.5) is 0 Å². The van der Waals surface area contributed by atoms with Crippen molar-refractivity contribution in [3.05, 3.63) is 58.6 Å². The van der Waals surface area contributed by atoms with Crippen molar-refractivity contribution >= 4 is 22.5 Å². The van der Waals surface area contributed by atoms with Gasteiger partial charge in [-0.05, 0) is 43.7 Å². The van der Waals surface area contributed by atoms with Crippen molar-refractivity contribution in [3.8, 4) is 0 Å². The van der Waals surface area contributed by atoms with Crippen LogP contribution in [0.25, 0.3) is 10.9 Å². The summed E-state index contributed by atoms with van der Waals surface area (Å²) in [5.74, 6) is 1.90. The highest BCUT2D eigenvalue weighted by Crippen LogP contribution is 2.23. The Morgan fingerprint density at radius 2 is 2.15 bits per heavy atom. The van der Waals surface area contributed by atoms with Crippen LogP contribution in [0, 0.1) is 6.92 Å². The molecule has 4 heteroatoms. The Labute approximate surface area is 122 Å². The van der Waals surface area contributed by atoms with Crippen molar-refractivity contribution in [2.24, 2.45) is 0 Å². The van der Waals surface area contributed by atoms with Crippen molar-refractivity contribution in [2.75, 3.05) is 0 Å². The molecule has 0 aliphatic carbocycles. The molecule has 0 amide bonds. The van der Waals surface area contributed by atoms with E-state index in [1.807, 2.05) is 43.5 Å². The molecule has 0 aliphatic heterocycles. The van der Waals surface area contributed by atoms with E-state index in [-0.39, 0.29) is 6.04 Å². The van der Waals surface area contributed by atoms with E-state index in [9.17, 15) is 0 Å². The van der Waals surface area contributed by atoms with Gasteiger partial charge in [-0.15, -0.1) is 0 Å². The van der Waals surface area contributed by atoms with Crippen LogP contribution in [0.1, 0.15) is 30.0 Å². The minimum absolute atomic E-state index is 0.181. The molecule has 104 valence electrons. The van der Waals surface area contributed by atoms with Crippen molar-refractivity contribution in [1.82, 2.24) is 10.3 Å². The molecule has 0 bridgehead atoms. The number of benzene rings is 1. The van der Waals surface area contributed by atoms with E-state index >= 15 is 0 Å². The summed E-state index contributed by atoms with van der Waals surface area (Å²) in [5, 5.41) is 5.42. The predicted octanol–water partition coefficient (Wildman–Crippen LogP) is 4.57. The van der Waals surface area contributed by atoms with Gasteiger partial charge in [0, 0.05) is 28.7 Å². The van der Waals surface area contributed by atoms with Crippen LogP contribution >= 0.6 is 11.6 Å². The van der Waals surface area contributed by atoms with Gasteiger partial charge in [0.15, 0.2) is 0 Å². The number of halogens is 1. The number of H-pyrrole nitrogens is 1. The number of rotatable bonds is 4. The summed E-state index contributed by atoms with van der Waals surface area (Å²) in [6.45, 7) is 4.84. The maximum Gasteiger partial charge on any atom is 0.120 e. The molecule has 2 aromatic heterocycles. The van der Waals surface area contributed by atoms with Gasteiger partial charge < -0.3 is 14.7 Å². The van der Waals surface area contributed by atoms with Gasteiger partial charge in [0.2, 0.25) is 0 Å². The molecule has 3 rings (SSSR count). The van der Waals surface area contributed by atoms with Gasteiger partial charge in [-0.25, -0.2) is 0 Å². The zero-order chi connectivity index (χ0) is 14.1. The fourth-order valence-corrected chi connectivity index (χ4v) is 2.53. The quantitative estimate of drug-likeness (QED) is 0.738. The lowest BCUT2D eigenvalue weighted by Gasteiger charge is -2.10. The third-order valence-corrected chi connectivity index (χ3v) is 3.75. The molecular formula is C16H17ClN2O. The first-order valence-corrected chi connectivity index (χ1v) is 7.06. The summed E-state index contributed by atoms with van der Waals surface area (Å²) in [4.78, 5) is 3.25. The number of hydrogen-bond donors (Lipinski definition) is 2. The number of aromatic amines is 1. The lowest BCUT2D eigenvalue weighted by atomic mass is 10.1. The molecule has 2 N–H and O–H groups in total. The summed E-state index contributed by atoms with van der Waals surface area (Å²) in [5.41, 5.74) is 2.29. The first-order valence-electron chi connectivity index (χ1n) is 6.69. The molecule has 1 atom stereocenters. The first-order chi connectivity index (χ1) is 9.63. The topological polar surface area (TPSA) is 41.0 Å². The lowest BCUT2D eigenvalue weighted by Crippen LogP contribution is -2.17. The van der Waals surface area contributed by atoms with Gasteiger partial charge in [-0.3, -0.25) is 0 Å². The third-order valence-electron chi connectivity index (χ3n) is 3.52. The molecule has 3 nitrogen and oxygen atoms in total. The molecule has 1 aromatic carbocycles. The molecule has 2 heterocycles. The molecule has 0 aliphatic rings. The number of nitrogens with one attached hydrogen (secondary N) is 2. The average Bonchev–Trinajstić information content (AvgIpc) is 3.02. The second kappa shape index (κ2) is 5.35. The largest absolute Gasteiger partial charge is 0.465 e. The molecule has 0 saturated heterocycles. The van der Waals surface area contributed by atoms with Gasteiger partial charge in [0.1, 0.15) is 11.5 Å². The third kappa shape index (κ3) is 2.60. The maximum absolute atomic E-state index is 5.99. The summed E-state index contributed by atoms with van der Waals surface area (Å²) in [6.07, 6.45) is 2.02. The predicted molar refractivity (Wildman–Crippen MR) is 82.0 cm³/mol. The van der Waals surface area contributed by atoms with Crippen LogP contribution in [-0.2, 0) is 6.54 Å². The molecule has 0 saturated carbocycles. The number of furan rings is 1. The van der Waals surface area contributed by atoms with Crippen LogP contribution in [0.15, 0.2) is 40.9 Å². The summed E-state index contributed by atoms with van der Waals surface area (Å²) < 4.78 is 5.63. The first kappa shape index (κ1) is 13.3. The van der Waals surface area contributed by atoms with Gasteiger partial charge in [-0.2, -0.15) is 0 Å². The SMILES string of the molecule is Cc1ccc(C(C)NCc2c[nH]c3cc(Cl)ccc23)o1. The van der Waals surface area contributed by atoms with E-state index in [4.69, 9.17) is 16.0 Å². The van der Waals surface area contributed by atoms with Crippen LogP contribution < -0.4 is 5.32 Å². The second-order valence-electron chi connectivity index (χ2n) is 5.05. The van der Waals surface area contributed by atoms with E-state index in [0.29, 0.717) is 0 Å². The molecule has 0 spiro atoms. The maximum atomic E-state index is 5.99. The smallest absolute Gasteiger partial charge is 0.120 e. The van der Waals surface area contributed by atoms with Crippen LogP contribution in [-0.4, -0.2) is 4.98 Å². The van der Waals surface area contributed by atoms with Gasteiger partial charge >= 0.3 is 0 Å². The Kier molecular flexibility index (Phi) is 3.55. The zero-order valence-corrected chi connectivity index (χ0v) is 12.3. The number of aromatic nitrogens is 1. The van der Waals surface area contributed by atoms with Gasteiger partial charge in [0.05, 0.1) is 6.04 Å². The highest BCUT2D eigenvalue weighted by Gasteiger charge is 2.10. The van der Waals surface area contributed by atoms with Crippen LogP contribution in [0.3, 0.4) is 0 Å². The van der Waals surface area contributed by atoms with E-state index < -0.39 is 0 Å². The van der Waals surface area contributed by atoms with Crippen molar-refractivity contribution in [3.63, 3.8) is 0 Å². The Morgan fingerprint density at radius 3 is 2.90 bits per heavy atom. The molecule has 3 aromatic rings. The second-order valence-corrected chi connectivity index (χ2v) is 5.49. The highest BCUT2D eigenvalue weighted by atomic mass is 35.5. The summed E-state index contributed by atoms with van der Waals surface area (Å²) in [6, 6.07) is 10.1. The minimum atomic E-state index is 0.181. The summed E-state index contributed by atoms with van der Waals surface area (Å²) >= 11 is 5.99. The van der Waals surface area contributed by atoms with Crippen LogP contribution in [0.5, 0.6) is 0 Å². The Balaban J connectivity index is 1.74. The standard InChI is InChI=1S/C16H17ClN2O/c1-10-3-6-16(20-10)11(2)18-8-12-9-19-15-7-13(17)4-5-14(12)15/h3-7,9,11,18-19H,8H2,1-2H3. The summed E-state index contributed by atoms with van der Waals surface area (Å²) in [7, 11) is 0. The van der Waals surface area contributed by atoms with Crippen molar-refractivity contribution in [2.45, 2.75) is 26.4 Å². The molecule has 1 unspecified atom stereocenters. The number of hydrogen-bond acceptors (Lipinski definition) is 2. The fourth-order valence-electron chi connectivity index (χ4n) is 2.35. The lowest BCUT2D eigenvalue weighted by molar-refractivity contribution is 0.416. The van der Waals surface area contributed by atoms with E-state index in [1.54, 1.807) is 0 Å². The van der Waals surface area contributed by atoms with Crippen LogP contribution in [0.2, 0.25) is 5.02 Å².